The molecule has 0 bridgehead atoms. The van der Waals surface area contributed by atoms with E-state index in [0.29, 0.717) is 24.2 Å². The Labute approximate surface area is 189 Å². The number of nitrogens with one attached hydrogen (secondary N) is 1. The van der Waals surface area contributed by atoms with E-state index in [2.05, 4.69) is 27.2 Å². The first-order valence-electron chi connectivity index (χ1n) is 10.3. The number of pyridine rings is 1. The van der Waals surface area contributed by atoms with Gasteiger partial charge in [-0.3, -0.25) is 4.68 Å². The highest BCUT2D eigenvalue weighted by molar-refractivity contribution is 6.29. The summed E-state index contributed by atoms with van der Waals surface area (Å²) in [5.74, 6) is 0.247. The van der Waals surface area contributed by atoms with Crippen LogP contribution >= 0.6 is 11.6 Å². The predicted molar refractivity (Wildman–Crippen MR) is 116 cm³/mol. The van der Waals surface area contributed by atoms with E-state index in [1.807, 2.05) is 0 Å². The average molecular weight is 474 g/mol. The van der Waals surface area contributed by atoms with Crippen LogP contribution in [0.1, 0.15) is 34.1 Å². The molecule has 1 fully saturated rings. The van der Waals surface area contributed by atoms with Gasteiger partial charge in [-0.15, -0.1) is 0 Å². The number of ether oxygens (including phenoxy) is 1. The van der Waals surface area contributed by atoms with Crippen LogP contribution in [-0.2, 0) is 11.3 Å². The van der Waals surface area contributed by atoms with Crippen molar-refractivity contribution in [2.75, 3.05) is 18.0 Å². The number of alkyl halides is 3. The Morgan fingerprint density at radius 3 is 2.66 bits per heavy atom. The topological polar surface area (TPSA) is 72.3 Å². The maximum atomic E-state index is 12.7. The van der Waals surface area contributed by atoms with Crippen molar-refractivity contribution in [1.82, 2.24) is 20.1 Å². The summed E-state index contributed by atoms with van der Waals surface area (Å²) in [7, 11) is 0. The molecule has 3 heterocycles. The molecule has 1 saturated heterocycles. The fourth-order valence-electron chi connectivity index (χ4n) is 3.80. The van der Waals surface area contributed by atoms with Gasteiger partial charge in [-0.25, -0.2) is 9.78 Å². The van der Waals surface area contributed by atoms with Crippen molar-refractivity contribution in [2.45, 2.75) is 58.5 Å². The van der Waals surface area contributed by atoms with E-state index in [0.717, 1.165) is 16.8 Å². The summed E-state index contributed by atoms with van der Waals surface area (Å²) in [6, 6.07) is 1.52. The zero-order valence-corrected chi connectivity index (χ0v) is 19.2. The summed E-state index contributed by atoms with van der Waals surface area (Å²) in [5, 5.41) is 7.02. The zero-order valence-electron chi connectivity index (χ0n) is 18.4. The van der Waals surface area contributed by atoms with Gasteiger partial charge in [0.25, 0.3) is 0 Å². The van der Waals surface area contributed by atoms with E-state index in [1.54, 1.807) is 26.8 Å². The highest BCUT2D eigenvalue weighted by Gasteiger charge is 2.31. The number of hydrogen-bond donors (Lipinski definition) is 1. The molecule has 0 aromatic carbocycles. The lowest BCUT2D eigenvalue weighted by Crippen LogP contribution is -2.51. The van der Waals surface area contributed by atoms with Crippen LogP contribution in [0.3, 0.4) is 0 Å². The van der Waals surface area contributed by atoms with Crippen molar-refractivity contribution in [3.8, 4) is 11.1 Å². The fraction of sp³-hybridized carbons (Fsp3) is 0.571. The number of carbonyl (C=O) groups excluding carboxylic acids is 1. The molecule has 0 aliphatic carbocycles. The van der Waals surface area contributed by atoms with Gasteiger partial charge in [-0.05, 0) is 39.2 Å². The highest BCUT2D eigenvalue weighted by atomic mass is 35.5. The van der Waals surface area contributed by atoms with Crippen LogP contribution in [0, 0.1) is 5.92 Å². The first-order chi connectivity index (χ1) is 14.8. The molecule has 32 heavy (non-hydrogen) atoms. The number of amides is 1. The SMILES string of the molecule is C[C@H]1C[C@H](NC(=O)OC(C)(C)C)CN(c2cc(Cl)ncc2-c2cnn(CC(F)(F)F)c2)C1. The number of aromatic nitrogens is 3. The molecule has 7 nitrogen and oxygen atoms in total. The van der Waals surface area contributed by atoms with Crippen LogP contribution in [-0.4, -0.2) is 51.8 Å². The van der Waals surface area contributed by atoms with Crippen LogP contribution in [0.2, 0.25) is 5.15 Å². The molecular weight excluding hydrogens is 447 g/mol. The number of carbonyl (C=O) groups is 1. The Morgan fingerprint density at radius 2 is 2.00 bits per heavy atom. The third kappa shape index (κ3) is 6.75. The van der Waals surface area contributed by atoms with Gasteiger partial charge in [-0.1, -0.05) is 18.5 Å². The minimum atomic E-state index is -4.37. The van der Waals surface area contributed by atoms with E-state index in [4.69, 9.17) is 16.3 Å². The Kier molecular flexibility index (Phi) is 6.92. The Morgan fingerprint density at radius 1 is 1.28 bits per heavy atom. The molecule has 0 saturated carbocycles. The van der Waals surface area contributed by atoms with E-state index in [-0.39, 0.29) is 17.1 Å². The number of alkyl carbamates (subject to hydrolysis) is 1. The molecule has 0 radical (unpaired) electrons. The summed E-state index contributed by atoms with van der Waals surface area (Å²) in [5.41, 5.74) is 1.24. The van der Waals surface area contributed by atoms with Gasteiger partial charge in [0.05, 0.1) is 6.20 Å². The van der Waals surface area contributed by atoms with Crippen molar-refractivity contribution in [2.24, 2.45) is 5.92 Å². The number of hydrogen-bond acceptors (Lipinski definition) is 5. The second-order valence-corrected chi connectivity index (χ2v) is 9.54. The van der Waals surface area contributed by atoms with Crippen molar-refractivity contribution < 1.29 is 22.7 Å². The molecule has 3 rings (SSSR count). The zero-order chi connectivity index (χ0) is 23.7. The Bertz CT molecular complexity index is 958. The van der Waals surface area contributed by atoms with Gasteiger partial charge in [0, 0.05) is 48.3 Å². The molecule has 11 heteroatoms. The summed E-state index contributed by atoms with van der Waals surface area (Å²) in [6.07, 6.45) is 0.163. The Balaban J connectivity index is 1.84. The summed E-state index contributed by atoms with van der Waals surface area (Å²) < 4.78 is 44.4. The fourth-order valence-corrected chi connectivity index (χ4v) is 3.96. The molecule has 2 aromatic heterocycles. The smallest absolute Gasteiger partial charge is 0.408 e. The van der Waals surface area contributed by atoms with E-state index in [1.165, 1.54) is 18.6 Å². The highest BCUT2D eigenvalue weighted by Crippen LogP contribution is 2.35. The van der Waals surface area contributed by atoms with E-state index >= 15 is 0 Å². The van der Waals surface area contributed by atoms with Gasteiger partial charge in [-0.2, -0.15) is 18.3 Å². The lowest BCUT2D eigenvalue weighted by atomic mass is 9.94. The molecule has 0 spiro atoms. The molecular formula is C21H27ClF3N5O2. The number of nitrogens with zero attached hydrogens (tertiary/aromatic N) is 4. The van der Waals surface area contributed by atoms with E-state index in [9.17, 15) is 18.0 Å². The molecule has 1 amide bonds. The van der Waals surface area contributed by atoms with Crippen LogP contribution in [0.5, 0.6) is 0 Å². The van der Waals surface area contributed by atoms with Crippen LogP contribution in [0.25, 0.3) is 11.1 Å². The average Bonchev–Trinajstić information content (AvgIpc) is 3.05. The largest absolute Gasteiger partial charge is 0.444 e. The minimum absolute atomic E-state index is 0.165. The minimum Gasteiger partial charge on any atom is -0.444 e. The molecule has 2 aromatic rings. The number of anilines is 1. The van der Waals surface area contributed by atoms with Gasteiger partial charge < -0.3 is 15.0 Å². The van der Waals surface area contributed by atoms with Crippen LogP contribution in [0.15, 0.2) is 24.7 Å². The Hall–Kier alpha value is -2.49. The summed E-state index contributed by atoms with van der Waals surface area (Å²) in [4.78, 5) is 18.4. The lowest BCUT2D eigenvalue weighted by Gasteiger charge is -2.39. The first kappa shape index (κ1) is 24.2. The van der Waals surface area contributed by atoms with Gasteiger partial charge in [0.15, 0.2) is 0 Å². The molecule has 1 aliphatic heterocycles. The van der Waals surface area contributed by atoms with Crippen molar-refractivity contribution in [3.05, 3.63) is 29.8 Å². The normalized spacial score (nSPS) is 19.7. The number of rotatable bonds is 4. The quantitative estimate of drug-likeness (QED) is 0.639. The standard InChI is InChI=1S/C21H27ClF3N5O2/c1-13-5-15(28-19(31)32-20(2,3)4)11-29(9-13)17-6-18(22)26-8-16(17)14-7-27-30(10-14)12-21(23,24)25/h6-8,10,13,15H,5,9,11-12H2,1-4H3,(H,28,31)/t13-,15-/m0/s1. The third-order valence-electron chi connectivity index (χ3n) is 4.86. The maximum absolute atomic E-state index is 12.7. The molecule has 0 unspecified atom stereocenters. The molecule has 1 aliphatic rings. The van der Waals surface area contributed by atoms with Crippen molar-refractivity contribution >= 4 is 23.4 Å². The van der Waals surface area contributed by atoms with Gasteiger partial charge in [0.2, 0.25) is 0 Å². The third-order valence-corrected chi connectivity index (χ3v) is 5.06. The second kappa shape index (κ2) is 9.17. The van der Waals surface area contributed by atoms with Crippen molar-refractivity contribution in [3.63, 3.8) is 0 Å². The van der Waals surface area contributed by atoms with Crippen LogP contribution in [0.4, 0.5) is 23.7 Å². The van der Waals surface area contributed by atoms with Crippen molar-refractivity contribution in [1.29, 1.82) is 0 Å². The molecule has 1 N–H and O–H groups in total. The number of halogens is 4. The molecule has 176 valence electrons. The second-order valence-electron chi connectivity index (χ2n) is 9.15. The van der Waals surface area contributed by atoms with E-state index < -0.39 is 24.4 Å². The predicted octanol–water partition coefficient (Wildman–Crippen LogP) is 4.90. The summed E-state index contributed by atoms with van der Waals surface area (Å²) in [6.45, 7) is 7.47. The first-order valence-corrected chi connectivity index (χ1v) is 10.7. The molecule has 2 atom stereocenters. The lowest BCUT2D eigenvalue weighted by molar-refractivity contribution is -0.142. The van der Waals surface area contributed by atoms with Gasteiger partial charge >= 0.3 is 12.3 Å². The number of piperidine rings is 1. The monoisotopic (exact) mass is 473 g/mol. The summed E-state index contributed by atoms with van der Waals surface area (Å²) >= 11 is 6.15. The maximum Gasteiger partial charge on any atom is 0.408 e. The van der Waals surface area contributed by atoms with Crippen LogP contribution < -0.4 is 10.2 Å². The van der Waals surface area contributed by atoms with Gasteiger partial charge in [0.1, 0.15) is 17.3 Å².